The highest BCUT2D eigenvalue weighted by Crippen LogP contribution is 2.30. The fraction of sp³-hybridized carbons (Fsp3) is 0.615. The quantitative estimate of drug-likeness (QED) is 0.795. The molecule has 0 bridgehead atoms. The normalized spacial score (nSPS) is 29.1. The van der Waals surface area contributed by atoms with Crippen molar-refractivity contribution in [3.05, 3.63) is 23.8 Å². The minimum atomic E-state index is -0.730. The van der Waals surface area contributed by atoms with Crippen LogP contribution in [-0.2, 0) is 9.53 Å². The van der Waals surface area contributed by atoms with Crippen LogP contribution < -0.4 is 0 Å². The molecule has 0 radical (unpaired) electrons. The van der Waals surface area contributed by atoms with E-state index in [4.69, 9.17) is 9.84 Å². The molecule has 0 aromatic heterocycles. The third-order valence-electron chi connectivity index (χ3n) is 3.25. The molecule has 0 amide bonds. The Morgan fingerprint density at radius 3 is 3.06 bits per heavy atom. The van der Waals surface area contributed by atoms with Crippen molar-refractivity contribution in [3.8, 4) is 0 Å². The van der Waals surface area contributed by atoms with E-state index >= 15 is 0 Å². The van der Waals surface area contributed by atoms with Crippen LogP contribution in [0.5, 0.6) is 0 Å². The van der Waals surface area contributed by atoms with Crippen molar-refractivity contribution in [1.82, 2.24) is 0 Å². The van der Waals surface area contributed by atoms with Gasteiger partial charge in [0.05, 0.1) is 12.2 Å². The molecule has 1 aliphatic carbocycles. The summed E-state index contributed by atoms with van der Waals surface area (Å²) in [6.45, 7) is 0. The van der Waals surface area contributed by atoms with E-state index in [1.54, 1.807) is 0 Å². The van der Waals surface area contributed by atoms with Crippen LogP contribution in [0.1, 0.15) is 38.5 Å². The predicted molar refractivity (Wildman–Crippen MR) is 61.2 cm³/mol. The number of rotatable bonds is 4. The Kier molecular flexibility index (Phi) is 3.78. The average molecular weight is 222 g/mol. The van der Waals surface area contributed by atoms with Gasteiger partial charge < -0.3 is 9.84 Å². The Morgan fingerprint density at radius 1 is 1.50 bits per heavy atom. The first-order chi connectivity index (χ1) is 7.75. The van der Waals surface area contributed by atoms with E-state index in [1.807, 2.05) is 0 Å². The average Bonchev–Trinajstić information content (AvgIpc) is 2.76. The molecule has 2 atom stereocenters. The standard InChI is InChI=1S/C13H18O3/c14-13(15)9-7-11-6-8-12(16-11)10-4-2-1-3-5-10/h1-2,4,11-12H,3,5-9H2,(H,14,15). The molecular weight excluding hydrogens is 204 g/mol. The van der Waals surface area contributed by atoms with E-state index in [2.05, 4.69) is 18.2 Å². The number of hydrogen-bond acceptors (Lipinski definition) is 2. The predicted octanol–water partition coefficient (Wildman–Crippen LogP) is 2.68. The summed E-state index contributed by atoms with van der Waals surface area (Å²) in [5.74, 6) is -0.730. The van der Waals surface area contributed by atoms with Crippen LogP contribution in [0.4, 0.5) is 0 Å². The van der Waals surface area contributed by atoms with Crippen LogP contribution >= 0.6 is 0 Å². The second-order valence-corrected chi connectivity index (χ2v) is 4.46. The molecule has 3 nitrogen and oxygen atoms in total. The summed E-state index contributed by atoms with van der Waals surface area (Å²) < 4.78 is 5.89. The Balaban J connectivity index is 1.81. The molecule has 0 saturated carbocycles. The van der Waals surface area contributed by atoms with Crippen LogP contribution in [0.25, 0.3) is 0 Å². The van der Waals surface area contributed by atoms with Gasteiger partial charge in [0.25, 0.3) is 0 Å². The summed E-state index contributed by atoms with van der Waals surface area (Å²) in [7, 11) is 0. The maximum Gasteiger partial charge on any atom is 0.303 e. The zero-order chi connectivity index (χ0) is 11.4. The van der Waals surface area contributed by atoms with Crippen molar-refractivity contribution in [2.24, 2.45) is 0 Å². The van der Waals surface area contributed by atoms with Crippen molar-refractivity contribution in [2.45, 2.75) is 50.7 Å². The van der Waals surface area contributed by atoms with Crippen molar-refractivity contribution in [1.29, 1.82) is 0 Å². The zero-order valence-electron chi connectivity index (χ0n) is 9.39. The smallest absolute Gasteiger partial charge is 0.303 e. The van der Waals surface area contributed by atoms with Crippen LogP contribution in [0.2, 0.25) is 0 Å². The Hall–Kier alpha value is -1.09. The minimum absolute atomic E-state index is 0.146. The molecule has 0 aromatic rings. The molecule has 88 valence electrons. The van der Waals surface area contributed by atoms with Gasteiger partial charge in [-0.3, -0.25) is 4.79 Å². The molecule has 0 spiro atoms. The van der Waals surface area contributed by atoms with E-state index in [1.165, 1.54) is 5.57 Å². The van der Waals surface area contributed by atoms with Gasteiger partial charge in [0, 0.05) is 6.42 Å². The van der Waals surface area contributed by atoms with Crippen molar-refractivity contribution < 1.29 is 14.6 Å². The monoisotopic (exact) mass is 222 g/mol. The second-order valence-electron chi connectivity index (χ2n) is 4.46. The number of carboxylic acids is 1. The molecular formula is C13H18O3. The fourth-order valence-electron chi connectivity index (χ4n) is 2.36. The number of carboxylic acid groups (broad SMARTS) is 1. The van der Waals surface area contributed by atoms with Crippen LogP contribution in [-0.4, -0.2) is 23.3 Å². The summed E-state index contributed by atoms with van der Waals surface area (Å²) in [5, 5.41) is 8.61. The zero-order valence-corrected chi connectivity index (χ0v) is 9.39. The topological polar surface area (TPSA) is 46.5 Å². The fourth-order valence-corrected chi connectivity index (χ4v) is 2.36. The number of ether oxygens (including phenoxy) is 1. The Bertz CT molecular complexity index is 317. The number of allylic oxidation sites excluding steroid dienone is 3. The van der Waals surface area contributed by atoms with Gasteiger partial charge in [-0.2, -0.15) is 0 Å². The molecule has 1 saturated heterocycles. The van der Waals surface area contributed by atoms with E-state index in [0.29, 0.717) is 6.42 Å². The second kappa shape index (κ2) is 5.30. The molecule has 1 fully saturated rings. The summed E-state index contributed by atoms with van der Waals surface area (Å²) in [4.78, 5) is 10.5. The van der Waals surface area contributed by atoms with Gasteiger partial charge in [-0.15, -0.1) is 0 Å². The number of carbonyl (C=O) groups is 1. The largest absolute Gasteiger partial charge is 0.481 e. The van der Waals surface area contributed by atoms with Crippen molar-refractivity contribution >= 4 is 5.97 Å². The molecule has 1 aliphatic heterocycles. The van der Waals surface area contributed by atoms with Gasteiger partial charge in [0.2, 0.25) is 0 Å². The van der Waals surface area contributed by atoms with Gasteiger partial charge in [0.15, 0.2) is 0 Å². The van der Waals surface area contributed by atoms with Gasteiger partial charge in [-0.05, 0) is 37.7 Å². The van der Waals surface area contributed by atoms with Crippen molar-refractivity contribution in [2.75, 3.05) is 0 Å². The molecule has 0 aromatic carbocycles. The summed E-state index contributed by atoms with van der Waals surface area (Å²) in [5.41, 5.74) is 1.38. The van der Waals surface area contributed by atoms with Crippen LogP contribution in [0.3, 0.4) is 0 Å². The lowest BCUT2D eigenvalue weighted by Crippen LogP contribution is -2.15. The van der Waals surface area contributed by atoms with E-state index < -0.39 is 5.97 Å². The van der Waals surface area contributed by atoms with Crippen LogP contribution in [0, 0.1) is 0 Å². The highest BCUT2D eigenvalue weighted by molar-refractivity contribution is 5.66. The summed E-state index contributed by atoms with van der Waals surface area (Å²) >= 11 is 0. The SMILES string of the molecule is O=C(O)CCC1CCC(C2=CC=CCC2)O1. The summed E-state index contributed by atoms with van der Waals surface area (Å²) in [6.07, 6.45) is 11.9. The molecule has 3 heteroatoms. The van der Waals surface area contributed by atoms with Crippen LogP contribution in [0.15, 0.2) is 23.8 Å². The third kappa shape index (κ3) is 2.95. The first-order valence-corrected chi connectivity index (χ1v) is 5.98. The van der Waals surface area contributed by atoms with Gasteiger partial charge in [-0.25, -0.2) is 0 Å². The molecule has 1 heterocycles. The molecule has 2 aliphatic rings. The number of aliphatic carboxylic acids is 1. The van der Waals surface area contributed by atoms with E-state index in [-0.39, 0.29) is 18.6 Å². The lowest BCUT2D eigenvalue weighted by Gasteiger charge is -2.17. The van der Waals surface area contributed by atoms with Gasteiger partial charge >= 0.3 is 5.97 Å². The van der Waals surface area contributed by atoms with E-state index in [0.717, 1.165) is 25.7 Å². The first kappa shape index (κ1) is 11.4. The maximum atomic E-state index is 10.5. The minimum Gasteiger partial charge on any atom is -0.481 e. The molecule has 1 N–H and O–H groups in total. The Labute approximate surface area is 95.8 Å². The highest BCUT2D eigenvalue weighted by Gasteiger charge is 2.27. The first-order valence-electron chi connectivity index (χ1n) is 5.98. The number of hydrogen-bond donors (Lipinski definition) is 1. The molecule has 2 rings (SSSR count). The lowest BCUT2D eigenvalue weighted by molar-refractivity contribution is -0.137. The summed E-state index contributed by atoms with van der Waals surface area (Å²) in [6, 6.07) is 0. The van der Waals surface area contributed by atoms with Gasteiger partial charge in [0.1, 0.15) is 0 Å². The van der Waals surface area contributed by atoms with Crippen molar-refractivity contribution in [3.63, 3.8) is 0 Å². The third-order valence-corrected chi connectivity index (χ3v) is 3.25. The highest BCUT2D eigenvalue weighted by atomic mass is 16.5. The van der Waals surface area contributed by atoms with E-state index in [9.17, 15) is 4.79 Å². The lowest BCUT2D eigenvalue weighted by atomic mass is 9.98. The molecule has 16 heavy (non-hydrogen) atoms. The van der Waals surface area contributed by atoms with Gasteiger partial charge in [-0.1, -0.05) is 18.2 Å². The Morgan fingerprint density at radius 2 is 2.38 bits per heavy atom. The molecule has 2 unspecified atom stereocenters. The maximum absolute atomic E-state index is 10.5.